The number of hydrogen-bond donors (Lipinski definition) is 0. The zero-order chi connectivity index (χ0) is 44.5. The predicted octanol–water partition coefficient (Wildman–Crippen LogP) is 13.2. The molecule has 63 heavy (non-hydrogen) atoms. The fraction of sp³-hybridized carbons (Fsp3) is 0.358. The Hall–Kier alpha value is -6.42. The summed E-state index contributed by atoms with van der Waals surface area (Å²) in [5.41, 5.74) is 1.17. The number of carbonyl (C=O) groups is 4. The molecule has 0 saturated carbocycles. The highest BCUT2D eigenvalue weighted by molar-refractivity contribution is 5.94. The molecule has 0 atom stereocenters. The second-order valence-electron chi connectivity index (χ2n) is 15.4. The maximum absolute atomic E-state index is 12.9. The summed E-state index contributed by atoms with van der Waals surface area (Å²) >= 11 is 0. The van der Waals surface area contributed by atoms with Gasteiger partial charge in [-0.1, -0.05) is 103 Å². The van der Waals surface area contributed by atoms with Gasteiger partial charge in [0.2, 0.25) is 0 Å². The molecule has 0 N–H and O–H groups in total. The van der Waals surface area contributed by atoms with E-state index in [1.807, 2.05) is 0 Å². The molecule has 0 aliphatic rings. The van der Waals surface area contributed by atoms with Crippen LogP contribution in [0.15, 0.2) is 121 Å². The van der Waals surface area contributed by atoms with Gasteiger partial charge in [0.1, 0.15) is 34.5 Å². The van der Waals surface area contributed by atoms with E-state index in [1.165, 1.54) is 125 Å². The second-order valence-corrected chi connectivity index (χ2v) is 15.4. The largest absolute Gasteiger partial charge is 0.494 e. The molecule has 0 aromatic heterocycles. The van der Waals surface area contributed by atoms with Gasteiger partial charge in [-0.2, -0.15) is 0 Å². The quantitative estimate of drug-likeness (QED) is 0.0286. The Morgan fingerprint density at radius 1 is 0.317 bits per heavy atom. The summed E-state index contributed by atoms with van der Waals surface area (Å²) in [6.45, 7) is 5.71. The number of unbranched alkanes of at least 4 members (excludes halogenated alkanes) is 13. The van der Waals surface area contributed by atoms with Gasteiger partial charge in [-0.3, -0.25) is 0 Å². The normalized spacial score (nSPS) is 10.8. The van der Waals surface area contributed by atoms with Crippen molar-refractivity contribution in [2.75, 3.05) is 13.2 Å². The predicted molar refractivity (Wildman–Crippen MR) is 244 cm³/mol. The Labute approximate surface area is 371 Å². The van der Waals surface area contributed by atoms with Gasteiger partial charge in [-0.15, -0.1) is 0 Å². The summed E-state index contributed by atoms with van der Waals surface area (Å²) in [4.78, 5) is 51.4. The van der Waals surface area contributed by atoms with Crippen LogP contribution in [0.1, 0.15) is 152 Å². The molecule has 332 valence electrons. The van der Waals surface area contributed by atoms with Gasteiger partial charge < -0.3 is 28.4 Å². The van der Waals surface area contributed by atoms with Gasteiger partial charge in [-0.25, -0.2) is 19.2 Å². The first-order chi connectivity index (χ1) is 30.8. The minimum atomic E-state index is -0.661. The maximum Gasteiger partial charge on any atom is 0.343 e. The van der Waals surface area contributed by atoms with Crippen molar-refractivity contribution in [1.82, 2.24) is 0 Å². The molecule has 0 fully saturated rings. The van der Waals surface area contributed by atoms with Crippen LogP contribution in [-0.4, -0.2) is 37.1 Å². The van der Waals surface area contributed by atoms with E-state index < -0.39 is 23.9 Å². The minimum Gasteiger partial charge on any atom is -0.494 e. The van der Waals surface area contributed by atoms with Crippen LogP contribution in [0.5, 0.6) is 34.5 Å². The summed E-state index contributed by atoms with van der Waals surface area (Å²) in [5.74, 6) is -0.176. The van der Waals surface area contributed by atoms with Crippen molar-refractivity contribution in [3.8, 4) is 34.5 Å². The third-order valence-corrected chi connectivity index (χ3v) is 10.3. The van der Waals surface area contributed by atoms with Gasteiger partial charge in [0.25, 0.3) is 0 Å². The van der Waals surface area contributed by atoms with Crippen LogP contribution in [0.25, 0.3) is 0 Å². The Morgan fingerprint density at radius 2 is 0.587 bits per heavy atom. The highest BCUT2D eigenvalue weighted by atomic mass is 16.6. The lowest BCUT2D eigenvalue weighted by Gasteiger charge is -2.09. The highest BCUT2D eigenvalue weighted by Gasteiger charge is 2.15. The lowest BCUT2D eigenvalue weighted by molar-refractivity contribution is 0.0723. The number of rotatable bonds is 27. The van der Waals surface area contributed by atoms with E-state index in [0.29, 0.717) is 35.8 Å². The van der Waals surface area contributed by atoms with E-state index in [4.69, 9.17) is 28.4 Å². The Morgan fingerprint density at radius 3 is 0.905 bits per heavy atom. The molecular formula is C53H60O10. The summed E-state index contributed by atoms with van der Waals surface area (Å²) in [7, 11) is 0. The number of hydrogen-bond acceptors (Lipinski definition) is 10. The molecule has 0 radical (unpaired) electrons. The molecule has 5 aromatic carbocycles. The molecule has 0 aliphatic carbocycles. The number of ether oxygens (including phenoxy) is 6. The van der Waals surface area contributed by atoms with Crippen molar-refractivity contribution in [3.63, 3.8) is 0 Å². The van der Waals surface area contributed by atoms with Gasteiger partial charge in [0, 0.05) is 6.07 Å². The van der Waals surface area contributed by atoms with Crippen LogP contribution in [0, 0.1) is 0 Å². The lowest BCUT2D eigenvalue weighted by atomic mass is 10.1. The average molecular weight is 857 g/mol. The Bertz CT molecular complexity index is 2140. The summed E-state index contributed by atoms with van der Waals surface area (Å²) in [5, 5.41) is 0. The van der Waals surface area contributed by atoms with Crippen LogP contribution in [0.2, 0.25) is 0 Å². The SMILES string of the molecule is CCCCCCCCCCCOc1ccc(C(=O)Oc2ccc(C(=O)Oc3cccc(OC(=O)c4ccc(OC(=O)c5ccc(OCCCCCCCC)cc5)cc4)c3)cc2)cc1. The standard InChI is InChI=1S/C53H60O10/c1-3-5-7-9-11-12-13-15-17-38-59-45-31-23-41(24-32-45)51(55)61-47-35-27-43(28-36-47)53(57)63-49-20-18-19-48(39-49)62-52(56)42-25-33-46(34-26-42)60-50(54)40-21-29-44(30-22-40)58-37-16-14-10-8-6-4-2/h18-36,39H,3-17,37-38H2,1-2H3. The van der Waals surface area contributed by atoms with E-state index in [1.54, 1.807) is 66.7 Å². The van der Waals surface area contributed by atoms with Crippen molar-refractivity contribution < 1.29 is 47.6 Å². The monoisotopic (exact) mass is 856 g/mol. The lowest BCUT2D eigenvalue weighted by Crippen LogP contribution is -2.11. The fourth-order valence-corrected chi connectivity index (χ4v) is 6.63. The summed E-state index contributed by atoms with van der Waals surface area (Å²) in [6.07, 6.45) is 18.3. The average Bonchev–Trinajstić information content (AvgIpc) is 3.30. The molecule has 0 saturated heterocycles. The fourth-order valence-electron chi connectivity index (χ4n) is 6.63. The molecule has 10 heteroatoms. The van der Waals surface area contributed by atoms with Crippen molar-refractivity contribution >= 4 is 23.9 Å². The van der Waals surface area contributed by atoms with Crippen LogP contribution in [-0.2, 0) is 0 Å². The van der Waals surface area contributed by atoms with E-state index in [-0.39, 0.29) is 34.1 Å². The smallest absolute Gasteiger partial charge is 0.343 e. The summed E-state index contributed by atoms with van der Waals surface area (Å²) < 4.78 is 33.7. The second kappa shape index (κ2) is 26.8. The van der Waals surface area contributed by atoms with Gasteiger partial charge in [-0.05, 0) is 122 Å². The first kappa shape index (κ1) is 47.6. The van der Waals surface area contributed by atoms with Crippen LogP contribution in [0.4, 0.5) is 0 Å². The Balaban J connectivity index is 1.01. The molecule has 0 aliphatic heterocycles. The van der Waals surface area contributed by atoms with E-state index in [9.17, 15) is 19.2 Å². The first-order valence-electron chi connectivity index (χ1n) is 22.5. The van der Waals surface area contributed by atoms with E-state index in [2.05, 4.69) is 13.8 Å². The first-order valence-corrected chi connectivity index (χ1v) is 22.5. The minimum absolute atomic E-state index is 0.154. The van der Waals surface area contributed by atoms with Gasteiger partial charge in [0.15, 0.2) is 0 Å². The van der Waals surface area contributed by atoms with E-state index >= 15 is 0 Å². The van der Waals surface area contributed by atoms with Gasteiger partial charge >= 0.3 is 23.9 Å². The number of carbonyl (C=O) groups excluding carboxylic acids is 4. The highest BCUT2D eigenvalue weighted by Crippen LogP contribution is 2.24. The van der Waals surface area contributed by atoms with Crippen molar-refractivity contribution in [3.05, 3.63) is 144 Å². The molecule has 0 bridgehead atoms. The van der Waals surface area contributed by atoms with Crippen LogP contribution in [0.3, 0.4) is 0 Å². The van der Waals surface area contributed by atoms with Crippen molar-refractivity contribution in [2.24, 2.45) is 0 Å². The molecule has 5 aromatic rings. The molecule has 0 heterocycles. The van der Waals surface area contributed by atoms with E-state index in [0.717, 1.165) is 25.7 Å². The zero-order valence-electron chi connectivity index (χ0n) is 36.7. The Kier molecular flexibility index (Phi) is 20.3. The number of esters is 4. The van der Waals surface area contributed by atoms with Crippen molar-refractivity contribution in [1.29, 1.82) is 0 Å². The molecule has 5 rings (SSSR count). The maximum atomic E-state index is 12.9. The van der Waals surface area contributed by atoms with Gasteiger partial charge in [0.05, 0.1) is 35.5 Å². The molecule has 0 spiro atoms. The molecule has 0 amide bonds. The molecule has 0 unspecified atom stereocenters. The molecular weight excluding hydrogens is 797 g/mol. The molecule has 10 nitrogen and oxygen atoms in total. The summed E-state index contributed by atoms with van der Waals surface area (Å²) in [6, 6.07) is 31.7. The van der Waals surface area contributed by atoms with Crippen LogP contribution >= 0.6 is 0 Å². The number of benzene rings is 5. The topological polar surface area (TPSA) is 124 Å². The zero-order valence-corrected chi connectivity index (χ0v) is 36.7. The van der Waals surface area contributed by atoms with Crippen LogP contribution < -0.4 is 28.4 Å². The third-order valence-electron chi connectivity index (χ3n) is 10.3. The third kappa shape index (κ3) is 17.1. The van der Waals surface area contributed by atoms with Crippen molar-refractivity contribution in [2.45, 2.75) is 110 Å².